The van der Waals surface area contributed by atoms with Crippen molar-refractivity contribution >= 4 is 56.5 Å². The molecule has 0 bridgehead atoms. The zero-order chi connectivity index (χ0) is 25.4. The van der Waals surface area contributed by atoms with Crippen molar-refractivity contribution in [3.8, 4) is 0 Å². The number of nitrogens with one attached hydrogen (secondary N) is 2. The molecule has 2 amide bonds. The molecule has 186 valence electrons. The van der Waals surface area contributed by atoms with E-state index >= 15 is 0 Å². The van der Waals surface area contributed by atoms with Crippen molar-refractivity contribution in [3.63, 3.8) is 0 Å². The summed E-state index contributed by atoms with van der Waals surface area (Å²) in [5.74, 6) is -0.806. The van der Waals surface area contributed by atoms with Crippen LogP contribution in [0.1, 0.15) is 25.0 Å². The van der Waals surface area contributed by atoms with Gasteiger partial charge in [0.15, 0.2) is 0 Å². The number of nitrogens with zero attached hydrogens (tertiary/aromatic N) is 2. The summed E-state index contributed by atoms with van der Waals surface area (Å²) in [6.45, 7) is 6.84. The van der Waals surface area contributed by atoms with Gasteiger partial charge in [-0.25, -0.2) is 0 Å². The van der Waals surface area contributed by atoms with Gasteiger partial charge in [0.25, 0.3) is 11.8 Å². The summed E-state index contributed by atoms with van der Waals surface area (Å²) in [5.41, 5.74) is 3.95. The molecule has 0 aliphatic carbocycles. The van der Waals surface area contributed by atoms with Crippen molar-refractivity contribution in [2.45, 2.75) is 31.4 Å². The number of hydrogen-bond acceptors (Lipinski definition) is 5. The summed E-state index contributed by atoms with van der Waals surface area (Å²) in [6, 6.07) is 13.8. The van der Waals surface area contributed by atoms with E-state index in [-0.39, 0.29) is 0 Å². The third kappa shape index (κ3) is 4.25. The molecule has 0 saturated heterocycles. The van der Waals surface area contributed by atoms with Crippen LogP contribution >= 0.6 is 11.8 Å². The highest BCUT2D eigenvalue weighted by atomic mass is 32.2. The highest BCUT2D eigenvalue weighted by Crippen LogP contribution is 2.39. The Labute approximate surface area is 214 Å². The van der Waals surface area contributed by atoms with Crippen LogP contribution in [0.3, 0.4) is 0 Å². The van der Waals surface area contributed by atoms with Crippen molar-refractivity contribution in [2.24, 2.45) is 0 Å². The maximum atomic E-state index is 13.2. The lowest BCUT2D eigenvalue weighted by molar-refractivity contribution is -0.122. The Bertz CT molecular complexity index is 1500. The lowest BCUT2D eigenvalue weighted by atomic mass is 9.95. The molecular formula is C28H30N4O3S. The molecule has 0 spiro atoms. The number of benzene rings is 2. The van der Waals surface area contributed by atoms with Gasteiger partial charge in [-0.3, -0.25) is 14.9 Å². The number of likely N-dealkylation sites (N-methyl/N-ethyl adjacent to an activating group) is 1. The van der Waals surface area contributed by atoms with Gasteiger partial charge in [-0.2, -0.15) is 0 Å². The maximum Gasteiger partial charge on any atom is 0.259 e. The molecule has 36 heavy (non-hydrogen) atoms. The molecule has 0 radical (unpaired) electrons. The first-order chi connectivity index (χ1) is 17.4. The molecule has 1 aliphatic rings. The Kier molecular flexibility index (Phi) is 6.75. The number of hydrogen-bond donors (Lipinski definition) is 3. The Morgan fingerprint density at radius 2 is 1.72 bits per heavy atom. The normalized spacial score (nSPS) is 15.0. The molecule has 3 heterocycles. The molecule has 1 atom stereocenters. The zero-order valence-electron chi connectivity index (χ0n) is 20.7. The number of para-hydroxylation sites is 1. The number of aliphatic hydroxyl groups excluding tert-OH is 1. The summed E-state index contributed by atoms with van der Waals surface area (Å²) >= 11 is 1.64. The number of carbonyl (C=O) groups excluding carboxylic acids is 2. The lowest BCUT2D eigenvalue weighted by Gasteiger charge is -2.22. The molecule has 0 fully saturated rings. The number of carbonyl (C=O) groups is 2. The predicted molar refractivity (Wildman–Crippen MR) is 146 cm³/mol. The Balaban J connectivity index is 1.68. The fourth-order valence-corrected chi connectivity index (χ4v) is 5.49. The topological polar surface area (TPSA) is 90.4 Å². The molecule has 0 saturated carbocycles. The van der Waals surface area contributed by atoms with Gasteiger partial charge < -0.3 is 19.6 Å². The number of aliphatic hydroxyl groups is 1. The first kappa shape index (κ1) is 24.4. The first-order valence-corrected chi connectivity index (χ1v) is 13.4. The third-order valence-electron chi connectivity index (χ3n) is 6.92. The smallest absolute Gasteiger partial charge is 0.259 e. The van der Waals surface area contributed by atoms with Gasteiger partial charge >= 0.3 is 0 Å². The Morgan fingerprint density at radius 3 is 2.44 bits per heavy atom. The number of imide groups is 1. The molecule has 2 aromatic heterocycles. The fraction of sp³-hybridized carbons (Fsp3) is 0.286. The number of aromatic nitrogens is 2. The molecule has 3 N–H and O–H groups in total. The van der Waals surface area contributed by atoms with Crippen LogP contribution in [0.5, 0.6) is 0 Å². The second kappa shape index (κ2) is 9.97. The van der Waals surface area contributed by atoms with Crippen LogP contribution in [-0.2, 0) is 16.1 Å². The molecule has 8 heteroatoms. The van der Waals surface area contributed by atoms with Crippen LogP contribution in [0.15, 0.2) is 59.8 Å². The third-order valence-corrected chi connectivity index (χ3v) is 7.64. The summed E-state index contributed by atoms with van der Waals surface area (Å²) < 4.78 is 2.01. The predicted octanol–water partition coefficient (Wildman–Crippen LogP) is 4.11. The molecule has 1 unspecified atom stereocenters. The number of thioether (sulfide) groups is 1. The van der Waals surface area contributed by atoms with E-state index in [1.54, 1.807) is 18.0 Å². The van der Waals surface area contributed by atoms with Gasteiger partial charge in [-0.15, -0.1) is 11.8 Å². The average Bonchev–Trinajstić information content (AvgIpc) is 3.54. The highest BCUT2D eigenvalue weighted by molar-refractivity contribution is 7.98. The van der Waals surface area contributed by atoms with Crippen molar-refractivity contribution < 1.29 is 14.7 Å². The molecule has 1 aliphatic heterocycles. The van der Waals surface area contributed by atoms with Crippen LogP contribution in [-0.4, -0.2) is 63.4 Å². The van der Waals surface area contributed by atoms with Crippen molar-refractivity contribution in [2.75, 3.05) is 25.9 Å². The van der Waals surface area contributed by atoms with Gasteiger partial charge in [0.2, 0.25) is 0 Å². The van der Waals surface area contributed by atoms with E-state index < -0.39 is 17.9 Å². The zero-order valence-corrected chi connectivity index (χ0v) is 21.5. The van der Waals surface area contributed by atoms with Crippen molar-refractivity contribution in [3.05, 3.63) is 66.0 Å². The molecule has 7 nitrogen and oxygen atoms in total. The number of rotatable bonds is 9. The average molecular weight is 503 g/mol. The number of amides is 2. The Morgan fingerprint density at radius 1 is 1.00 bits per heavy atom. The molecule has 2 aromatic carbocycles. The minimum atomic E-state index is -0.576. The van der Waals surface area contributed by atoms with Crippen LogP contribution in [0.25, 0.3) is 33.0 Å². The number of aromatic amines is 1. The SMILES string of the molecule is CCN(CC)CC(O)Cn1cc(C2=C(c3c[nH]c4ccccc34)C(=O)NC2=O)c2ccc(SC)cc21. The largest absolute Gasteiger partial charge is 0.390 e. The van der Waals surface area contributed by atoms with E-state index in [0.29, 0.717) is 35.4 Å². The minimum absolute atomic E-state index is 0.364. The van der Waals surface area contributed by atoms with Crippen molar-refractivity contribution in [1.29, 1.82) is 0 Å². The highest BCUT2D eigenvalue weighted by Gasteiger charge is 2.35. The van der Waals surface area contributed by atoms with Gasteiger partial charge in [0.1, 0.15) is 0 Å². The minimum Gasteiger partial charge on any atom is -0.390 e. The van der Waals surface area contributed by atoms with Crippen LogP contribution in [0.2, 0.25) is 0 Å². The van der Waals surface area contributed by atoms with Gasteiger partial charge in [-0.1, -0.05) is 38.1 Å². The summed E-state index contributed by atoms with van der Waals surface area (Å²) in [4.78, 5) is 32.7. The van der Waals surface area contributed by atoms with E-state index in [4.69, 9.17) is 0 Å². The molecule has 5 rings (SSSR count). The van der Waals surface area contributed by atoms with Crippen LogP contribution < -0.4 is 5.32 Å². The summed E-state index contributed by atoms with van der Waals surface area (Å²) in [5, 5.41) is 15.2. The molecule has 4 aromatic rings. The molecular weight excluding hydrogens is 472 g/mol. The quantitative estimate of drug-likeness (QED) is 0.237. The van der Waals surface area contributed by atoms with Gasteiger partial charge in [-0.05, 0) is 37.5 Å². The van der Waals surface area contributed by atoms with E-state index in [9.17, 15) is 14.7 Å². The second-order valence-corrected chi connectivity index (χ2v) is 9.88. The van der Waals surface area contributed by atoms with Crippen LogP contribution in [0, 0.1) is 0 Å². The summed E-state index contributed by atoms with van der Waals surface area (Å²) in [7, 11) is 0. The van der Waals surface area contributed by atoms with E-state index in [2.05, 4.69) is 35.1 Å². The standard InChI is InChI=1S/C28H30N4O3S/c1-4-31(5-2)14-17(33)15-32-16-22(20-11-10-18(36-3)12-24(20)32)26-25(27(34)30-28(26)35)21-13-29-23-9-7-6-8-19(21)23/h6-13,16-17,29,33H,4-5,14-15H2,1-3H3,(H,30,34,35). The number of fused-ring (bicyclic) bond motifs is 2. The van der Waals surface area contributed by atoms with E-state index in [0.717, 1.165) is 39.8 Å². The van der Waals surface area contributed by atoms with Gasteiger partial charge in [0.05, 0.1) is 17.3 Å². The monoisotopic (exact) mass is 502 g/mol. The summed E-state index contributed by atoms with van der Waals surface area (Å²) in [6.07, 6.45) is 5.14. The maximum absolute atomic E-state index is 13.2. The van der Waals surface area contributed by atoms with E-state index in [1.165, 1.54) is 0 Å². The lowest BCUT2D eigenvalue weighted by Crippen LogP contribution is -2.34. The van der Waals surface area contributed by atoms with E-state index in [1.807, 2.05) is 53.4 Å². The number of H-pyrrole nitrogens is 1. The second-order valence-electron chi connectivity index (χ2n) is 9.00. The fourth-order valence-electron chi connectivity index (χ4n) is 5.06. The van der Waals surface area contributed by atoms with Crippen LogP contribution in [0.4, 0.5) is 0 Å². The Hall–Kier alpha value is -3.33. The van der Waals surface area contributed by atoms with Gasteiger partial charge in [0, 0.05) is 63.3 Å². The first-order valence-electron chi connectivity index (χ1n) is 12.2. The van der Waals surface area contributed by atoms with Crippen molar-refractivity contribution in [1.82, 2.24) is 19.8 Å².